The van der Waals surface area contributed by atoms with E-state index in [1.807, 2.05) is 24.3 Å². The zero-order valence-electron chi connectivity index (χ0n) is 15.3. The molecule has 0 aliphatic carbocycles. The molecule has 1 aliphatic heterocycles. The number of methoxy groups -OCH3 is 1. The number of hydrogen-bond acceptors (Lipinski definition) is 5. The summed E-state index contributed by atoms with van der Waals surface area (Å²) in [5.41, 5.74) is 1.40. The average molecular weight is 392 g/mol. The first kappa shape index (κ1) is 20.0. The van der Waals surface area contributed by atoms with Crippen molar-refractivity contribution in [1.82, 2.24) is 10.6 Å². The van der Waals surface area contributed by atoms with Crippen molar-refractivity contribution in [1.29, 1.82) is 0 Å². The van der Waals surface area contributed by atoms with Gasteiger partial charge in [-0.15, -0.1) is 0 Å². The molecule has 2 aromatic carbocycles. The summed E-state index contributed by atoms with van der Waals surface area (Å²) in [4.78, 5) is 12.1. The molecule has 1 fully saturated rings. The Morgan fingerprint density at radius 2 is 1.89 bits per heavy atom. The molecule has 28 heavy (non-hydrogen) atoms. The highest BCUT2D eigenvalue weighted by Gasteiger charge is 2.37. The van der Waals surface area contributed by atoms with Crippen LogP contribution >= 0.6 is 0 Å². The minimum Gasteiger partial charge on any atom is -0.497 e. The number of alkyl carbamates (subject to hydrolysis) is 1. The third-order valence-corrected chi connectivity index (χ3v) is 4.64. The second-order valence-electron chi connectivity index (χ2n) is 6.61. The van der Waals surface area contributed by atoms with Crippen molar-refractivity contribution in [2.45, 2.75) is 31.2 Å². The van der Waals surface area contributed by atoms with Crippen LogP contribution in [0.3, 0.4) is 0 Å². The highest BCUT2D eigenvalue weighted by molar-refractivity contribution is 5.67. The Morgan fingerprint density at radius 1 is 1.18 bits per heavy atom. The minimum atomic E-state index is -0.984. The van der Waals surface area contributed by atoms with Gasteiger partial charge in [-0.05, 0) is 41.8 Å². The van der Waals surface area contributed by atoms with E-state index in [0.29, 0.717) is 18.5 Å². The molecule has 3 N–H and O–H groups in total. The normalized spacial score (nSPS) is 21.4. The van der Waals surface area contributed by atoms with Crippen LogP contribution < -0.4 is 15.4 Å². The van der Waals surface area contributed by atoms with Crippen molar-refractivity contribution in [3.05, 3.63) is 65.2 Å². The largest absolute Gasteiger partial charge is 0.497 e. The SMILES string of the molecule is COc1ccc(C[C@H]2NC[C@H](O)[C@H]2OC(=O)NCc2ccc(F)c(F)c2)cc1. The Kier molecular flexibility index (Phi) is 6.43. The molecule has 1 heterocycles. The fourth-order valence-electron chi connectivity index (χ4n) is 3.13. The van der Waals surface area contributed by atoms with E-state index in [2.05, 4.69) is 10.6 Å². The molecule has 0 bridgehead atoms. The molecular weight excluding hydrogens is 370 g/mol. The van der Waals surface area contributed by atoms with Crippen molar-refractivity contribution >= 4 is 6.09 Å². The van der Waals surface area contributed by atoms with Crippen LogP contribution in [0.15, 0.2) is 42.5 Å². The monoisotopic (exact) mass is 392 g/mol. The Labute approximate surface area is 161 Å². The molecule has 3 atom stereocenters. The summed E-state index contributed by atoms with van der Waals surface area (Å²) < 4.78 is 36.7. The summed E-state index contributed by atoms with van der Waals surface area (Å²) >= 11 is 0. The van der Waals surface area contributed by atoms with E-state index in [1.165, 1.54) is 6.07 Å². The van der Waals surface area contributed by atoms with Crippen molar-refractivity contribution in [3.63, 3.8) is 0 Å². The van der Waals surface area contributed by atoms with Gasteiger partial charge in [-0.3, -0.25) is 0 Å². The number of aliphatic hydroxyl groups is 1. The predicted octanol–water partition coefficient (Wildman–Crippen LogP) is 2.14. The van der Waals surface area contributed by atoms with E-state index in [-0.39, 0.29) is 12.6 Å². The van der Waals surface area contributed by atoms with Crippen LogP contribution in [0.1, 0.15) is 11.1 Å². The average Bonchev–Trinajstić information content (AvgIpc) is 3.03. The highest BCUT2D eigenvalue weighted by Crippen LogP contribution is 2.19. The Balaban J connectivity index is 1.55. The number of carbonyl (C=O) groups is 1. The van der Waals surface area contributed by atoms with Gasteiger partial charge in [0.05, 0.1) is 13.2 Å². The maximum Gasteiger partial charge on any atom is 0.407 e. The Morgan fingerprint density at radius 3 is 2.57 bits per heavy atom. The molecule has 6 nitrogen and oxygen atoms in total. The van der Waals surface area contributed by atoms with Crippen molar-refractivity contribution in [2.75, 3.05) is 13.7 Å². The molecule has 1 amide bonds. The van der Waals surface area contributed by atoms with Gasteiger partial charge >= 0.3 is 6.09 Å². The van der Waals surface area contributed by atoms with Crippen molar-refractivity contribution in [2.24, 2.45) is 0 Å². The van der Waals surface area contributed by atoms with Crippen LogP contribution in [-0.2, 0) is 17.7 Å². The number of benzene rings is 2. The number of hydrogen-bond donors (Lipinski definition) is 3. The maximum absolute atomic E-state index is 13.2. The maximum atomic E-state index is 13.2. The number of halogens is 2. The quantitative estimate of drug-likeness (QED) is 0.702. The summed E-state index contributed by atoms with van der Waals surface area (Å²) in [6.07, 6.45) is -1.75. The van der Waals surface area contributed by atoms with Crippen LogP contribution in [0.2, 0.25) is 0 Å². The Hall–Kier alpha value is -2.71. The van der Waals surface area contributed by atoms with Gasteiger partial charge in [0, 0.05) is 13.1 Å². The summed E-state index contributed by atoms with van der Waals surface area (Å²) in [6.45, 7) is 0.289. The van der Waals surface area contributed by atoms with Gasteiger partial charge in [0.25, 0.3) is 0 Å². The van der Waals surface area contributed by atoms with Crippen LogP contribution in [0.5, 0.6) is 5.75 Å². The summed E-state index contributed by atoms with van der Waals surface area (Å²) in [7, 11) is 1.59. The van der Waals surface area contributed by atoms with Crippen LogP contribution in [-0.4, -0.2) is 43.1 Å². The van der Waals surface area contributed by atoms with Crippen LogP contribution in [0.4, 0.5) is 13.6 Å². The third kappa shape index (κ3) is 4.96. The lowest BCUT2D eigenvalue weighted by Crippen LogP contribution is -2.41. The van der Waals surface area contributed by atoms with Crippen molar-refractivity contribution < 1.29 is 28.2 Å². The first-order chi connectivity index (χ1) is 13.5. The number of ether oxygens (including phenoxy) is 2. The predicted molar refractivity (Wildman–Crippen MR) is 98.0 cm³/mol. The lowest BCUT2D eigenvalue weighted by Gasteiger charge is -2.22. The van der Waals surface area contributed by atoms with Gasteiger partial charge in [0.15, 0.2) is 11.6 Å². The molecule has 0 spiro atoms. The minimum absolute atomic E-state index is 0.0184. The van der Waals surface area contributed by atoms with Gasteiger partial charge in [-0.1, -0.05) is 18.2 Å². The fourth-order valence-corrected chi connectivity index (χ4v) is 3.13. The molecule has 150 valence electrons. The molecule has 0 saturated carbocycles. The molecule has 1 saturated heterocycles. The van der Waals surface area contributed by atoms with E-state index in [1.54, 1.807) is 7.11 Å². The van der Waals surface area contributed by atoms with Gasteiger partial charge in [0.2, 0.25) is 0 Å². The van der Waals surface area contributed by atoms with E-state index >= 15 is 0 Å². The topological polar surface area (TPSA) is 79.8 Å². The second kappa shape index (κ2) is 8.99. The van der Waals surface area contributed by atoms with Gasteiger partial charge in [0.1, 0.15) is 18.0 Å². The summed E-state index contributed by atoms with van der Waals surface area (Å²) in [6, 6.07) is 10.6. The molecular formula is C20H22F2N2O4. The molecule has 2 aromatic rings. The smallest absolute Gasteiger partial charge is 0.407 e. The summed E-state index contributed by atoms with van der Waals surface area (Å²) in [5, 5.41) is 15.8. The van der Waals surface area contributed by atoms with E-state index in [0.717, 1.165) is 23.4 Å². The number of aliphatic hydroxyl groups excluding tert-OH is 1. The van der Waals surface area contributed by atoms with Gasteiger partial charge in [-0.25, -0.2) is 13.6 Å². The van der Waals surface area contributed by atoms with E-state index < -0.39 is 29.9 Å². The zero-order valence-corrected chi connectivity index (χ0v) is 15.3. The zero-order chi connectivity index (χ0) is 20.1. The van der Waals surface area contributed by atoms with E-state index in [9.17, 15) is 18.7 Å². The second-order valence-corrected chi connectivity index (χ2v) is 6.61. The van der Waals surface area contributed by atoms with Crippen LogP contribution in [0.25, 0.3) is 0 Å². The molecule has 0 radical (unpaired) electrons. The summed E-state index contributed by atoms with van der Waals surface area (Å²) in [5.74, 6) is -1.19. The number of β-amino-alcohol motifs (C(OH)–C–C–N with tert-alkyl or cyclic N) is 1. The standard InChI is InChI=1S/C20H22F2N2O4/c1-27-14-5-2-12(3-6-14)9-17-19(18(25)11-23-17)28-20(26)24-10-13-4-7-15(21)16(22)8-13/h2-8,17-19,23,25H,9-11H2,1H3,(H,24,26)/t17-,18+,19+/m1/s1. The first-order valence-corrected chi connectivity index (χ1v) is 8.89. The lowest BCUT2D eigenvalue weighted by atomic mass is 10.0. The molecule has 0 unspecified atom stereocenters. The fraction of sp³-hybridized carbons (Fsp3) is 0.350. The number of amides is 1. The number of rotatable bonds is 6. The number of nitrogens with one attached hydrogen (secondary N) is 2. The molecule has 0 aromatic heterocycles. The molecule has 1 aliphatic rings. The third-order valence-electron chi connectivity index (χ3n) is 4.64. The van der Waals surface area contributed by atoms with Gasteiger partial charge < -0.3 is 25.2 Å². The number of carbonyl (C=O) groups excluding carboxylic acids is 1. The van der Waals surface area contributed by atoms with E-state index in [4.69, 9.17) is 9.47 Å². The van der Waals surface area contributed by atoms with Crippen molar-refractivity contribution in [3.8, 4) is 5.75 Å². The van der Waals surface area contributed by atoms with Gasteiger partial charge in [-0.2, -0.15) is 0 Å². The molecule has 3 rings (SSSR count). The lowest BCUT2D eigenvalue weighted by molar-refractivity contribution is 0.0188. The molecule has 8 heteroatoms. The first-order valence-electron chi connectivity index (χ1n) is 8.89. The Bertz CT molecular complexity index is 816. The highest BCUT2D eigenvalue weighted by atomic mass is 19.2. The van der Waals surface area contributed by atoms with Crippen LogP contribution in [0, 0.1) is 11.6 Å².